The Morgan fingerprint density at radius 3 is 1.07 bits per heavy atom. The minimum absolute atomic E-state index is 0.0246. The number of carbonyl (C=O) groups excluding carboxylic acids is 8. The number of nitrogens with one attached hydrogen (secondary N) is 5. The van der Waals surface area contributed by atoms with Crippen LogP contribution in [0.2, 0.25) is 0 Å². The van der Waals surface area contributed by atoms with E-state index >= 15 is 0 Å². The van der Waals surface area contributed by atoms with Crippen LogP contribution >= 0.6 is 11.8 Å². The highest BCUT2D eigenvalue weighted by molar-refractivity contribution is 7.99. The predicted octanol–water partition coefficient (Wildman–Crippen LogP) is 13.5. The zero-order chi connectivity index (χ0) is 69.9. The molecule has 0 aliphatic rings. The zero-order valence-corrected chi connectivity index (χ0v) is 61.5. The molecule has 0 aromatic carbocycles. The van der Waals surface area contributed by atoms with E-state index in [-0.39, 0.29) is 62.1 Å². The number of aliphatic hydroxyl groups is 1. The maximum atomic E-state index is 14.4. The Balaban J connectivity index is 6.30. The molecule has 12 N–H and O–H groups in total. The summed E-state index contributed by atoms with van der Waals surface area (Å²) >= 11 is 1.22. The summed E-state index contributed by atoms with van der Waals surface area (Å²) in [5.41, 5.74) is 17.2. The van der Waals surface area contributed by atoms with Gasteiger partial charge >= 0.3 is 11.9 Å². The van der Waals surface area contributed by atoms with E-state index in [1.807, 2.05) is 6.29 Å². The third-order valence-electron chi connectivity index (χ3n) is 17.8. The van der Waals surface area contributed by atoms with E-state index in [1.54, 1.807) is 0 Å². The lowest BCUT2D eigenvalue weighted by Gasteiger charge is -2.26. The molecule has 555 valence electrons. The summed E-state index contributed by atoms with van der Waals surface area (Å²) in [5, 5.41) is 24.3. The fraction of sp³-hybridized carbons (Fsp3) is 0.893. The van der Waals surface area contributed by atoms with Gasteiger partial charge in [0.25, 0.3) is 0 Å². The smallest absolute Gasteiger partial charge is 0.306 e. The van der Waals surface area contributed by atoms with E-state index < -0.39 is 72.5 Å². The molecular weight excluding hydrogens is 1220 g/mol. The van der Waals surface area contributed by atoms with Crippen LogP contribution in [0, 0.1) is 0 Å². The maximum Gasteiger partial charge on any atom is 0.306 e. The number of nitrogens with two attached hydrogens (primary N) is 3. The molecular formula is C75H143N8O11S. The first kappa shape index (κ1) is 91.2. The first-order valence-corrected chi connectivity index (χ1v) is 40.0. The van der Waals surface area contributed by atoms with Crippen LogP contribution in [0.1, 0.15) is 348 Å². The quantitative estimate of drug-likeness (QED) is 0.0202. The van der Waals surface area contributed by atoms with Crippen molar-refractivity contribution < 1.29 is 52.9 Å². The average Bonchev–Trinajstić information content (AvgIpc) is 1.49. The van der Waals surface area contributed by atoms with Crippen molar-refractivity contribution in [2.75, 3.05) is 44.4 Å². The van der Waals surface area contributed by atoms with Crippen molar-refractivity contribution in [2.45, 2.75) is 385 Å². The summed E-state index contributed by atoms with van der Waals surface area (Å²) in [7, 11) is 0. The van der Waals surface area contributed by atoms with Crippen molar-refractivity contribution >= 4 is 59.5 Å². The lowest BCUT2D eigenvalue weighted by molar-refractivity contribution is -0.157. The van der Waals surface area contributed by atoms with E-state index in [0.29, 0.717) is 83.8 Å². The van der Waals surface area contributed by atoms with Crippen LogP contribution in [-0.4, -0.2) is 134 Å². The van der Waals surface area contributed by atoms with Crippen molar-refractivity contribution in [3.63, 3.8) is 0 Å². The van der Waals surface area contributed by atoms with E-state index in [9.17, 15) is 43.5 Å². The fourth-order valence-corrected chi connectivity index (χ4v) is 12.8. The lowest BCUT2D eigenvalue weighted by Crippen LogP contribution is -2.59. The van der Waals surface area contributed by atoms with Gasteiger partial charge in [0, 0.05) is 30.8 Å². The van der Waals surface area contributed by atoms with Crippen LogP contribution in [-0.2, 0) is 47.8 Å². The highest BCUT2D eigenvalue weighted by atomic mass is 32.2. The van der Waals surface area contributed by atoms with Gasteiger partial charge in [-0.3, -0.25) is 38.4 Å². The predicted molar refractivity (Wildman–Crippen MR) is 390 cm³/mol. The molecule has 0 heterocycles. The van der Waals surface area contributed by atoms with Crippen LogP contribution in [0.15, 0.2) is 0 Å². The van der Waals surface area contributed by atoms with Crippen molar-refractivity contribution in [3.8, 4) is 0 Å². The standard InChI is InChI=1S/C75H143N8O11S/c1-4-7-10-13-16-19-22-25-28-31-34-37-40-52-69(86)80-68(75(92)83-67(59-85)74(91)82-66(51-45-48-57-78)73(90)81-65(50-44-47-56-77)72(89)79-63(58-84)49-43-46-55-76)62-95-61-64(94-71(88)54-42-39-36-33-30-27-24-21-18-15-12-9-6-3)60-93-70(87)53-41-38-35-32-29-26-23-20-17-14-11-8-5-2/h63-68,85H,4-57,59-62,76-78H2,1-3H3,(H,79,89)(H,80,86)(H,81,90)(H,82,91)(H,83,92)/t63-,64-,65-,66-,67-,68-/m0/s1. The van der Waals surface area contributed by atoms with Crippen LogP contribution < -0.4 is 43.8 Å². The van der Waals surface area contributed by atoms with Gasteiger partial charge in [-0.15, -0.1) is 0 Å². The molecule has 19 nitrogen and oxygen atoms in total. The Kier molecular flexibility index (Phi) is 65.9. The minimum atomic E-state index is -1.56. The molecule has 0 rings (SSSR count). The zero-order valence-electron chi connectivity index (χ0n) is 60.6. The number of amides is 5. The molecule has 0 fully saturated rings. The number of unbranched alkanes of at least 4 members (excludes halogenated alkanes) is 39. The monoisotopic (exact) mass is 1360 g/mol. The molecule has 0 spiro atoms. The summed E-state index contributed by atoms with van der Waals surface area (Å²) < 4.78 is 11.7. The van der Waals surface area contributed by atoms with Crippen LogP contribution in [0.4, 0.5) is 0 Å². The molecule has 6 atom stereocenters. The van der Waals surface area contributed by atoms with Crippen LogP contribution in [0.5, 0.6) is 0 Å². The Morgan fingerprint density at radius 2 is 0.695 bits per heavy atom. The Morgan fingerprint density at radius 1 is 0.368 bits per heavy atom. The number of hydrogen-bond acceptors (Lipinski definition) is 15. The summed E-state index contributed by atoms with van der Waals surface area (Å²) in [4.78, 5) is 108. The van der Waals surface area contributed by atoms with Gasteiger partial charge in [-0.05, 0) is 96.7 Å². The fourth-order valence-electron chi connectivity index (χ4n) is 11.7. The highest BCUT2D eigenvalue weighted by Crippen LogP contribution is 2.19. The van der Waals surface area contributed by atoms with Gasteiger partial charge in [-0.2, -0.15) is 11.8 Å². The topological polar surface area (TPSA) is 313 Å². The molecule has 0 bridgehead atoms. The number of rotatable bonds is 72. The summed E-state index contributed by atoms with van der Waals surface area (Å²) in [5.74, 6) is -3.96. The first-order chi connectivity index (χ1) is 46.3. The molecule has 0 unspecified atom stereocenters. The molecule has 0 aliphatic carbocycles. The SMILES string of the molecule is CCCCCCCCCCCCCCCC(=O)N[C@@H](CSC[C@H](COC(=O)CCCCCCCCCCCCCCC)OC(=O)CCCCCCCCCCCCCCC)C(=O)N[C@@H](CO)C(=O)N[C@@H](CCCCN)C(=O)N[C@@H](CCCCN)C(=O)N[C@H]([C]=O)CCCCN. The summed E-state index contributed by atoms with van der Waals surface area (Å²) in [6, 6.07) is -6.00. The number of carbonyl (C=O) groups is 7. The van der Waals surface area contributed by atoms with Crippen LogP contribution in [0.3, 0.4) is 0 Å². The second kappa shape index (κ2) is 68.7. The summed E-state index contributed by atoms with van der Waals surface area (Å²) in [6.45, 7) is 6.77. The third-order valence-corrected chi connectivity index (χ3v) is 19.0. The molecule has 0 aromatic heterocycles. The van der Waals surface area contributed by atoms with Gasteiger partial charge in [0.05, 0.1) is 12.6 Å². The van der Waals surface area contributed by atoms with E-state index in [2.05, 4.69) is 47.4 Å². The van der Waals surface area contributed by atoms with E-state index in [4.69, 9.17) is 26.7 Å². The molecule has 20 heteroatoms. The molecule has 5 amide bonds. The van der Waals surface area contributed by atoms with Crippen molar-refractivity contribution in [3.05, 3.63) is 0 Å². The van der Waals surface area contributed by atoms with Gasteiger partial charge < -0.3 is 58.4 Å². The van der Waals surface area contributed by atoms with Gasteiger partial charge in [-0.1, -0.05) is 252 Å². The number of thioether (sulfide) groups is 1. The highest BCUT2D eigenvalue weighted by Gasteiger charge is 2.32. The van der Waals surface area contributed by atoms with Crippen molar-refractivity contribution in [1.29, 1.82) is 0 Å². The third kappa shape index (κ3) is 56.7. The van der Waals surface area contributed by atoms with Gasteiger partial charge in [0.2, 0.25) is 35.8 Å². The Labute approximate surface area is 582 Å². The first-order valence-electron chi connectivity index (χ1n) is 38.9. The molecule has 0 saturated carbocycles. The van der Waals surface area contributed by atoms with Gasteiger partial charge in [-0.25, -0.2) is 0 Å². The second-order valence-corrected chi connectivity index (χ2v) is 27.9. The van der Waals surface area contributed by atoms with Crippen molar-refractivity contribution in [2.24, 2.45) is 17.2 Å². The Hall–Kier alpha value is -3.85. The molecule has 0 aliphatic heterocycles. The van der Waals surface area contributed by atoms with E-state index in [1.165, 1.54) is 179 Å². The molecule has 0 aromatic rings. The van der Waals surface area contributed by atoms with E-state index in [0.717, 1.165) is 64.2 Å². The number of aliphatic hydroxyl groups excluding tert-OH is 1. The maximum absolute atomic E-state index is 14.4. The minimum Gasteiger partial charge on any atom is -0.462 e. The summed E-state index contributed by atoms with van der Waals surface area (Å²) in [6.07, 6.45) is 51.0. The number of ether oxygens (including phenoxy) is 2. The average molecular weight is 1370 g/mol. The largest absolute Gasteiger partial charge is 0.462 e. The van der Waals surface area contributed by atoms with Crippen molar-refractivity contribution in [1.82, 2.24) is 26.6 Å². The molecule has 95 heavy (non-hydrogen) atoms. The van der Waals surface area contributed by atoms with Gasteiger partial charge in [0.15, 0.2) is 0 Å². The van der Waals surface area contributed by atoms with Crippen LogP contribution in [0.25, 0.3) is 0 Å². The number of esters is 2. The molecule has 1 radical (unpaired) electrons. The molecule has 0 saturated heterocycles. The Bertz CT molecular complexity index is 1870. The number of hydrogen-bond donors (Lipinski definition) is 9. The second-order valence-electron chi connectivity index (χ2n) is 26.8. The van der Waals surface area contributed by atoms with Gasteiger partial charge in [0.1, 0.15) is 36.9 Å². The lowest BCUT2D eigenvalue weighted by atomic mass is 10.0. The normalized spacial score (nSPS) is 13.3.